The zero-order valence-electron chi connectivity index (χ0n) is 32.3. The van der Waals surface area contributed by atoms with Crippen LogP contribution in [0, 0.1) is 0 Å². The van der Waals surface area contributed by atoms with E-state index in [-0.39, 0.29) is 0 Å². The molecule has 60 heavy (non-hydrogen) atoms. The molecule has 2 nitrogen and oxygen atoms in total. The van der Waals surface area contributed by atoms with Gasteiger partial charge in [0.25, 0.3) is 0 Å². The van der Waals surface area contributed by atoms with Crippen molar-refractivity contribution in [2.75, 3.05) is 0 Å². The van der Waals surface area contributed by atoms with Crippen molar-refractivity contribution in [1.29, 1.82) is 0 Å². The molecule has 0 aliphatic heterocycles. The molecule has 0 unspecified atom stereocenters. The summed E-state index contributed by atoms with van der Waals surface area (Å²) < 4.78 is 5.01. The van der Waals surface area contributed by atoms with E-state index in [4.69, 9.17) is 9.97 Å². The van der Waals surface area contributed by atoms with Crippen LogP contribution in [0.15, 0.2) is 206 Å². The summed E-state index contributed by atoms with van der Waals surface area (Å²) in [5, 5.41) is 7.30. The first-order valence-electron chi connectivity index (χ1n) is 20.2. The molecule has 12 aromatic rings. The van der Waals surface area contributed by atoms with Crippen LogP contribution >= 0.6 is 22.7 Å². The van der Waals surface area contributed by atoms with Crippen molar-refractivity contribution in [3.8, 4) is 67.3 Å². The monoisotopic (exact) mass is 798 g/mol. The fourth-order valence-corrected chi connectivity index (χ4v) is 11.3. The van der Waals surface area contributed by atoms with Crippen molar-refractivity contribution in [3.63, 3.8) is 0 Å². The largest absolute Gasteiger partial charge is 0.228 e. The molecule has 12 rings (SSSR count). The SMILES string of the molecule is c1ccc(-c2ccc(-c3ccc4cc(-c5ccccc5)ccc4c3-c3nc(-c4cccc5c4sc4ccccc45)cc(-c4cccc5c4sc4ccccc45)n3)cc2)cc1. The van der Waals surface area contributed by atoms with E-state index < -0.39 is 0 Å². The number of rotatable bonds is 6. The Morgan fingerprint density at radius 3 is 1.38 bits per heavy atom. The van der Waals surface area contributed by atoms with Crippen molar-refractivity contribution in [2.45, 2.75) is 0 Å². The number of hydrogen-bond donors (Lipinski definition) is 0. The minimum atomic E-state index is 0.707. The molecule has 0 atom stereocenters. The Labute approximate surface area is 355 Å². The Hall–Kier alpha value is -7.24. The van der Waals surface area contributed by atoms with Crippen molar-refractivity contribution in [2.24, 2.45) is 0 Å². The van der Waals surface area contributed by atoms with Crippen LogP contribution in [0.3, 0.4) is 0 Å². The smallest absolute Gasteiger partial charge is 0.161 e. The molecule has 3 heterocycles. The van der Waals surface area contributed by atoms with Gasteiger partial charge in [-0.1, -0.05) is 182 Å². The Kier molecular flexibility index (Phi) is 8.25. The van der Waals surface area contributed by atoms with E-state index in [1.807, 2.05) is 22.7 Å². The molecular formula is C56H34N2S2. The highest BCUT2D eigenvalue weighted by atomic mass is 32.1. The van der Waals surface area contributed by atoms with Crippen LogP contribution < -0.4 is 0 Å². The van der Waals surface area contributed by atoms with Gasteiger partial charge in [0.1, 0.15) is 0 Å². The Bertz CT molecular complexity index is 3450. The van der Waals surface area contributed by atoms with Crippen LogP contribution in [0.25, 0.3) is 118 Å². The van der Waals surface area contributed by atoms with E-state index in [2.05, 4.69) is 206 Å². The summed E-state index contributed by atoms with van der Waals surface area (Å²) in [5.41, 5.74) is 12.0. The Morgan fingerprint density at radius 1 is 0.300 bits per heavy atom. The summed E-state index contributed by atoms with van der Waals surface area (Å²) in [5.74, 6) is 0.707. The lowest BCUT2D eigenvalue weighted by molar-refractivity contribution is 1.19. The van der Waals surface area contributed by atoms with Gasteiger partial charge in [0.05, 0.1) is 11.4 Å². The second kappa shape index (κ2) is 14.2. The second-order valence-corrected chi connectivity index (χ2v) is 17.4. The van der Waals surface area contributed by atoms with Crippen molar-refractivity contribution in [1.82, 2.24) is 9.97 Å². The zero-order valence-corrected chi connectivity index (χ0v) is 34.0. The van der Waals surface area contributed by atoms with Gasteiger partial charge in [-0.05, 0) is 68.4 Å². The van der Waals surface area contributed by atoms with Gasteiger partial charge in [-0.2, -0.15) is 0 Å². The second-order valence-electron chi connectivity index (χ2n) is 15.3. The topological polar surface area (TPSA) is 25.8 Å². The summed E-state index contributed by atoms with van der Waals surface area (Å²) >= 11 is 3.67. The number of thiophene rings is 2. The van der Waals surface area contributed by atoms with Gasteiger partial charge in [-0.15, -0.1) is 22.7 Å². The highest BCUT2D eigenvalue weighted by Gasteiger charge is 2.21. The molecule has 3 aromatic heterocycles. The van der Waals surface area contributed by atoms with Crippen LogP contribution in [0.5, 0.6) is 0 Å². The van der Waals surface area contributed by atoms with Crippen LogP contribution in [0.2, 0.25) is 0 Å². The number of benzene rings is 9. The van der Waals surface area contributed by atoms with Crippen LogP contribution in [-0.2, 0) is 0 Å². The lowest BCUT2D eigenvalue weighted by Gasteiger charge is -2.17. The van der Waals surface area contributed by atoms with Gasteiger partial charge in [0.2, 0.25) is 0 Å². The fraction of sp³-hybridized carbons (Fsp3) is 0. The molecular weight excluding hydrogens is 765 g/mol. The van der Waals surface area contributed by atoms with Crippen molar-refractivity contribution < 1.29 is 0 Å². The summed E-state index contributed by atoms with van der Waals surface area (Å²) in [4.78, 5) is 11.2. The third kappa shape index (κ3) is 5.84. The van der Waals surface area contributed by atoms with Gasteiger partial charge < -0.3 is 0 Å². The highest BCUT2D eigenvalue weighted by Crippen LogP contribution is 2.45. The molecule has 0 amide bonds. The van der Waals surface area contributed by atoms with Crippen LogP contribution in [-0.4, -0.2) is 9.97 Å². The van der Waals surface area contributed by atoms with Crippen LogP contribution in [0.4, 0.5) is 0 Å². The Balaban J connectivity index is 1.15. The first-order valence-corrected chi connectivity index (χ1v) is 21.9. The summed E-state index contributed by atoms with van der Waals surface area (Å²) in [6.45, 7) is 0. The average molecular weight is 799 g/mol. The molecule has 0 bridgehead atoms. The molecule has 0 radical (unpaired) electrons. The van der Waals surface area contributed by atoms with Crippen molar-refractivity contribution in [3.05, 3.63) is 206 Å². The molecule has 0 saturated heterocycles. The molecule has 4 heteroatoms. The third-order valence-electron chi connectivity index (χ3n) is 11.7. The molecule has 0 aliphatic rings. The summed E-state index contributed by atoms with van der Waals surface area (Å²) in [7, 11) is 0. The van der Waals surface area contributed by atoms with E-state index in [1.54, 1.807) is 0 Å². The molecule has 0 saturated carbocycles. The van der Waals surface area contributed by atoms with Gasteiger partial charge in [0, 0.05) is 57.0 Å². The number of aromatic nitrogens is 2. The molecule has 0 N–H and O–H groups in total. The summed E-state index contributed by atoms with van der Waals surface area (Å²) in [6.07, 6.45) is 0. The maximum atomic E-state index is 5.62. The minimum Gasteiger partial charge on any atom is -0.228 e. The van der Waals surface area contributed by atoms with Crippen molar-refractivity contribution >= 4 is 73.8 Å². The van der Waals surface area contributed by atoms with E-state index in [0.29, 0.717) is 5.82 Å². The first kappa shape index (κ1) is 34.8. The van der Waals surface area contributed by atoms with Gasteiger partial charge in [-0.3, -0.25) is 0 Å². The highest BCUT2D eigenvalue weighted by molar-refractivity contribution is 7.26. The fourth-order valence-electron chi connectivity index (χ4n) is 8.83. The summed E-state index contributed by atoms with van der Waals surface area (Å²) in [6, 6.07) is 74.4. The predicted octanol–water partition coefficient (Wildman–Crippen LogP) is 16.4. The zero-order chi connectivity index (χ0) is 39.6. The standard InChI is InChI=1S/C56H34N2S2/c1-3-13-35(14-4-1)37-25-27-38(28-26-37)41-32-30-40-33-39(36-15-5-2-6-16-36)29-31-42(40)53(41)56-57-49(47-21-11-19-45-43-17-7-9-23-51(43)59-54(45)47)34-50(58-56)48-22-12-20-46-44-18-8-10-24-52(44)60-55(46)48/h1-34H. The molecule has 9 aromatic carbocycles. The van der Waals surface area contributed by atoms with Gasteiger partial charge in [-0.25, -0.2) is 9.97 Å². The number of hydrogen-bond acceptors (Lipinski definition) is 4. The molecule has 0 fully saturated rings. The lowest BCUT2D eigenvalue weighted by Crippen LogP contribution is -1.99. The number of fused-ring (bicyclic) bond motifs is 7. The minimum absolute atomic E-state index is 0.707. The first-order chi connectivity index (χ1) is 29.7. The van der Waals surface area contributed by atoms with E-state index >= 15 is 0 Å². The van der Waals surface area contributed by atoms with E-state index in [1.165, 1.54) is 62.6 Å². The van der Waals surface area contributed by atoms with Gasteiger partial charge >= 0.3 is 0 Å². The van der Waals surface area contributed by atoms with E-state index in [0.717, 1.165) is 50.0 Å². The lowest BCUT2D eigenvalue weighted by atomic mass is 9.91. The normalized spacial score (nSPS) is 11.7. The Morgan fingerprint density at radius 2 is 0.783 bits per heavy atom. The van der Waals surface area contributed by atoms with Crippen LogP contribution in [0.1, 0.15) is 0 Å². The van der Waals surface area contributed by atoms with E-state index in [9.17, 15) is 0 Å². The third-order valence-corrected chi connectivity index (χ3v) is 14.2. The quantitative estimate of drug-likeness (QED) is 0.167. The maximum Gasteiger partial charge on any atom is 0.161 e. The number of nitrogens with zero attached hydrogens (tertiary/aromatic N) is 2. The van der Waals surface area contributed by atoms with Gasteiger partial charge in [0.15, 0.2) is 5.82 Å². The molecule has 0 aliphatic carbocycles. The predicted molar refractivity (Wildman–Crippen MR) is 258 cm³/mol. The molecule has 0 spiro atoms. The maximum absolute atomic E-state index is 5.62. The molecule has 280 valence electrons. The average Bonchev–Trinajstić information content (AvgIpc) is 3.90.